The average molecular weight is 290 g/mol. The van der Waals surface area contributed by atoms with Crippen molar-refractivity contribution in [2.75, 3.05) is 0 Å². The van der Waals surface area contributed by atoms with Crippen molar-refractivity contribution in [3.8, 4) is 0 Å². The third-order valence-corrected chi connectivity index (χ3v) is 3.40. The van der Waals surface area contributed by atoms with Crippen LogP contribution in [0.15, 0.2) is 18.3 Å². The summed E-state index contributed by atoms with van der Waals surface area (Å²) in [7, 11) is -6.11. The van der Waals surface area contributed by atoms with Crippen molar-refractivity contribution < 1.29 is 21.1 Å². The lowest BCUT2D eigenvalue weighted by molar-refractivity contribution is 0.0755. The molecule has 3 aromatic rings. The Bertz CT molecular complexity index is 835. The molecule has 19 heavy (non-hydrogen) atoms. The Labute approximate surface area is 103 Å². The fourth-order valence-electron chi connectivity index (χ4n) is 1.68. The van der Waals surface area contributed by atoms with Crippen molar-refractivity contribution in [2.45, 2.75) is 5.25 Å². The first-order valence-corrected chi connectivity index (χ1v) is 6.33. The third-order valence-electron chi connectivity index (χ3n) is 2.60. The summed E-state index contributed by atoms with van der Waals surface area (Å²) >= 11 is 0. The maximum absolute atomic E-state index is 13.3. The second-order valence-electron chi connectivity index (χ2n) is 3.84. The van der Waals surface area contributed by atoms with Gasteiger partial charge in [-0.25, -0.2) is 9.97 Å². The SMILES string of the molecule is O=S(=O)(F)C(F)(F)c1nc2cc3c[nH][nH]c3cc2n1. The highest BCUT2D eigenvalue weighted by molar-refractivity contribution is 7.87. The predicted octanol–water partition coefficient (Wildman–Crippen LogP) is 1.79. The van der Waals surface area contributed by atoms with Crippen molar-refractivity contribution in [3.63, 3.8) is 0 Å². The van der Waals surface area contributed by atoms with Gasteiger partial charge in [-0.15, -0.1) is 0 Å². The van der Waals surface area contributed by atoms with Crippen LogP contribution in [0.2, 0.25) is 0 Å². The zero-order valence-electron chi connectivity index (χ0n) is 8.99. The topological polar surface area (TPSA) is 91.5 Å². The third kappa shape index (κ3) is 1.67. The molecule has 0 saturated carbocycles. The number of aromatic nitrogens is 4. The van der Waals surface area contributed by atoms with Gasteiger partial charge < -0.3 is 10.2 Å². The molecule has 0 fully saturated rings. The molecule has 0 spiro atoms. The first-order chi connectivity index (χ1) is 8.79. The summed E-state index contributed by atoms with van der Waals surface area (Å²) in [5.41, 5.74) is 0.672. The second-order valence-corrected chi connectivity index (χ2v) is 5.23. The van der Waals surface area contributed by atoms with E-state index in [9.17, 15) is 21.1 Å². The van der Waals surface area contributed by atoms with E-state index in [1.165, 1.54) is 12.1 Å². The predicted molar refractivity (Wildman–Crippen MR) is 59.7 cm³/mol. The minimum atomic E-state index is -6.11. The number of imidazole rings is 1. The lowest BCUT2D eigenvalue weighted by Gasteiger charge is -2.05. The van der Waals surface area contributed by atoms with Gasteiger partial charge in [-0.05, 0) is 12.1 Å². The number of benzene rings is 1. The lowest BCUT2D eigenvalue weighted by Crippen LogP contribution is -2.23. The normalized spacial score (nSPS) is 13.4. The number of aromatic amines is 2. The molecule has 0 atom stereocenters. The van der Waals surface area contributed by atoms with E-state index in [0.29, 0.717) is 10.9 Å². The van der Waals surface area contributed by atoms with E-state index >= 15 is 0 Å². The maximum atomic E-state index is 13.3. The first-order valence-electron chi connectivity index (χ1n) is 4.95. The zero-order valence-corrected chi connectivity index (χ0v) is 9.80. The lowest BCUT2D eigenvalue weighted by atomic mass is 10.2. The van der Waals surface area contributed by atoms with E-state index in [1.54, 1.807) is 6.20 Å². The monoisotopic (exact) mass is 290 g/mol. The number of nitrogens with one attached hydrogen (secondary N) is 2. The molecular formula is C9H5F3N4O2S. The molecule has 2 heterocycles. The molecule has 0 aliphatic rings. The number of halogens is 3. The summed E-state index contributed by atoms with van der Waals surface area (Å²) in [6.45, 7) is 0. The molecule has 0 saturated heterocycles. The van der Waals surface area contributed by atoms with E-state index in [2.05, 4.69) is 20.2 Å². The number of H-pyrrole nitrogens is 2. The van der Waals surface area contributed by atoms with Crippen LogP contribution >= 0.6 is 0 Å². The van der Waals surface area contributed by atoms with E-state index in [-0.39, 0.29) is 11.0 Å². The van der Waals surface area contributed by atoms with Gasteiger partial charge in [-0.3, -0.25) is 0 Å². The van der Waals surface area contributed by atoms with E-state index in [0.717, 1.165) is 0 Å². The number of rotatable bonds is 2. The van der Waals surface area contributed by atoms with Crippen LogP contribution in [0.4, 0.5) is 12.7 Å². The highest BCUT2D eigenvalue weighted by Crippen LogP contribution is 2.34. The molecule has 0 radical (unpaired) electrons. The van der Waals surface area contributed by atoms with E-state index in [4.69, 9.17) is 0 Å². The van der Waals surface area contributed by atoms with Crippen LogP contribution in [0.3, 0.4) is 0 Å². The molecule has 2 N–H and O–H groups in total. The Morgan fingerprint density at radius 2 is 1.79 bits per heavy atom. The van der Waals surface area contributed by atoms with Gasteiger partial charge >= 0.3 is 15.5 Å². The Morgan fingerprint density at radius 1 is 1.16 bits per heavy atom. The highest BCUT2D eigenvalue weighted by atomic mass is 32.3. The van der Waals surface area contributed by atoms with E-state index < -0.39 is 21.3 Å². The van der Waals surface area contributed by atoms with Gasteiger partial charge in [0.1, 0.15) is 0 Å². The number of hydrogen-bond acceptors (Lipinski definition) is 4. The highest BCUT2D eigenvalue weighted by Gasteiger charge is 2.51. The molecule has 0 bridgehead atoms. The molecule has 3 rings (SSSR count). The molecule has 0 aliphatic carbocycles. The van der Waals surface area contributed by atoms with Crippen molar-refractivity contribution in [1.29, 1.82) is 0 Å². The Balaban J connectivity index is 2.27. The summed E-state index contributed by atoms with van der Waals surface area (Å²) in [4.78, 5) is 6.74. The fourth-order valence-corrected chi connectivity index (χ4v) is 1.99. The van der Waals surface area contributed by atoms with Crippen LogP contribution in [0.25, 0.3) is 21.9 Å². The van der Waals surface area contributed by atoms with Crippen LogP contribution in [0.5, 0.6) is 0 Å². The molecular weight excluding hydrogens is 285 g/mol. The minimum absolute atomic E-state index is 0.0432. The first kappa shape index (κ1) is 12.0. The standard InChI is InChI=1S/C9H5F3N4O2S/c10-9(11,19(12,17)18)8-14-6-1-4-3-13-16-5(4)2-7(6)15-8/h1-3,13,16H. The molecule has 100 valence electrons. The Kier molecular flexibility index (Phi) is 2.18. The van der Waals surface area contributed by atoms with Crippen LogP contribution in [-0.2, 0) is 15.5 Å². The minimum Gasteiger partial charge on any atom is -0.307 e. The van der Waals surface area contributed by atoms with Gasteiger partial charge in [0.25, 0.3) is 0 Å². The molecule has 10 heteroatoms. The summed E-state index contributed by atoms with van der Waals surface area (Å²) in [5.74, 6) is -1.37. The van der Waals surface area contributed by atoms with Gasteiger partial charge in [0.05, 0.1) is 16.6 Å². The van der Waals surface area contributed by atoms with Gasteiger partial charge in [0.2, 0.25) is 5.82 Å². The van der Waals surface area contributed by atoms with E-state index in [1.807, 2.05) is 0 Å². The number of hydrogen-bond donors (Lipinski definition) is 2. The van der Waals surface area contributed by atoms with Crippen molar-refractivity contribution in [3.05, 3.63) is 24.2 Å². The molecule has 1 aromatic carbocycles. The second kappa shape index (κ2) is 3.47. The molecule has 0 unspecified atom stereocenters. The summed E-state index contributed by atoms with van der Waals surface area (Å²) in [6.07, 6.45) is 1.56. The number of nitrogens with zero attached hydrogens (tertiary/aromatic N) is 2. The van der Waals surface area contributed by atoms with Crippen LogP contribution in [0.1, 0.15) is 5.82 Å². The molecule has 0 amide bonds. The smallest absolute Gasteiger partial charge is 0.307 e. The maximum Gasteiger partial charge on any atom is 0.432 e. The number of alkyl halides is 2. The van der Waals surface area contributed by atoms with Gasteiger partial charge in [0.15, 0.2) is 0 Å². The zero-order chi connectivity index (χ0) is 13.8. The molecule has 2 aromatic heterocycles. The molecule has 6 nitrogen and oxygen atoms in total. The van der Waals surface area contributed by atoms with Gasteiger partial charge in [-0.2, -0.15) is 17.2 Å². The van der Waals surface area contributed by atoms with Crippen LogP contribution < -0.4 is 0 Å². The van der Waals surface area contributed by atoms with Gasteiger partial charge in [-0.1, -0.05) is 3.89 Å². The molecule has 0 aliphatic heterocycles. The largest absolute Gasteiger partial charge is 0.432 e. The van der Waals surface area contributed by atoms with Crippen molar-refractivity contribution in [2.24, 2.45) is 0 Å². The summed E-state index contributed by atoms with van der Waals surface area (Å²) < 4.78 is 59.9. The average Bonchev–Trinajstić information content (AvgIpc) is 2.88. The Morgan fingerprint density at radius 3 is 2.42 bits per heavy atom. The number of fused-ring (bicyclic) bond motifs is 2. The van der Waals surface area contributed by atoms with Gasteiger partial charge in [0, 0.05) is 11.6 Å². The summed E-state index contributed by atoms with van der Waals surface area (Å²) in [5, 5.41) is 1.29. The Hall–Kier alpha value is -2.10. The fraction of sp³-hybridized carbons (Fsp3) is 0.111. The van der Waals surface area contributed by atoms with Crippen molar-refractivity contribution in [1.82, 2.24) is 20.2 Å². The quantitative estimate of drug-likeness (QED) is 0.704. The van der Waals surface area contributed by atoms with Crippen LogP contribution in [-0.4, -0.2) is 28.6 Å². The van der Waals surface area contributed by atoms with Crippen LogP contribution in [0, 0.1) is 0 Å². The summed E-state index contributed by atoms with van der Waals surface area (Å²) in [6, 6.07) is 2.83. The van der Waals surface area contributed by atoms with Crippen molar-refractivity contribution >= 4 is 32.2 Å².